The number of hydrogen-bond acceptors (Lipinski definition) is 3. The minimum absolute atomic E-state index is 0.127. The molecule has 28 heavy (non-hydrogen) atoms. The van der Waals surface area contributed by atoms with Crippen LogP contribution >= 0.6 is 0 Å². The van der Waals surface area contributed by atoms with E-state index in [1.807, 2.05) is 44.2 Å². The molecule has 144 valence electrons. The molecule has 2 aromatic carbocycles. The molecular weight excluding hydrogens is 354 g/mol. The smallest absolute Gasteiger partial charge is 0.329 e. The van der Waals surface area contributed by atoms with E-state index in [1.54, 1.807) is 9.13 Å². The SMILES string of the molecule is COC(=O)CCn1c(=O)n(C(C)c2cccc3cc(C)[nH]c23)c2ccccc21. The highest BCUT2D eigenvalue weighted by molar-refractivity contribution is 5.84. The molecule has 6 heteroatoms. The lowest BCUT2D eigenvalue weighted by atomic mass is 10.0. The number of nitrogens with zero attached hydrogens (tertiary/aromatic N) is 2. The number of carbonyl (C=O) groups is 1. The fraction of sp³-hybridized carbons (Fsp3) is 0.273. The highest BCUT2D eigenvalue weighted by Crippen LogP contribution is 2.28. The summed E-state index contributed by atoms with van der Waals surface area (Å²) in [4.78, 5) is 28.3. The third-order valence-electron chi connectivity index (χ3n) is 5.30. The molecule has 0 saturated heterocycles. The number of ether oxygens (including phenoxy) is 1. The summed E-state index contributed by atoms with van der Waals surface area (Å²) in [7, 11) is 1.36. The van der Waals surface area contributed by atoms with Crippen molar-refractivity contribution < 1.29 is 9.53 Å². The van der Waals surface area contributed by atoms with Crippen LogP contribution in [0.25, 0.3) is 21.9 Å². The second kappa shape index (κ2) is 7.03. The number of para-hydroxylation sites is 3. The van der Waals surface area contributed by atoms with E-state index in [2.05, 4.69) is 23.2 Å². The van der Waals surface area contributed by atoms with Crippen LogP contribution in [0.3, 0.4) is 0 Å². The molecule has 0 aliphatic rings. The Morgan fingerprint density at radius 2 is 1.89 bits per heavy atom. The first-order valence-corrected chi connectivity index (χ1v) is 9.36. The first-order chi connectivity index (χ1) is 13.5. The van der Waals surface area contributed by atoms with Gasteiger partial charge >= 0.3 is 11.7 Å². The predicted molar refractivity (Wildman–Crippen MR) is 110 cm³/mol. The summed E-state index contributed by atoms with van der Waals surface area (Å²) in [5, 5.41) is 1.13. The van der Waals surface area contributed by atoms with Gasteiger partial charge < -0.3 is 9.72 Å². The van der Waals surface area contributed by atoms with Crippen molar-refractivity contribution in [3.8, 4) is 0 Å². The number of hydrogen-bond donors (Lipinski definition) is 1. The van der Waals surface area contributed by atoms with Crippen molar-refractivity contribution in [2.24, 2.45) is 0 Å². The molecule has 0 aliphatic heterocycles. The number of imidazole rings is 1. The van der Waals surface area contributed by atoms with Gasteiger partial charge in [-0.25, -0.2) is 4.79 Å². The Labute approximate surface area is 162 Å². The van der Waals surface area contributed by atoms with Gasteiger partial charge in [0.2, 0.25) is 0 Å². The summed E-state index contributed by atoms with van der Waals surface area (Å²) in [6.07, 6.45) is 0.157. The number of fused-ring (bicyclic) bond motifs is 2. The quantitative estimate of drug-likeness (QED) is 0.538. The van der Waals surface area contributed by atoms with E-state index in [-0.39, 0.29) is 30.7 Å². The van der Waals surface area contributed by atoms with Crippen LogP contribution in [-0.4, -0.2) is 27.2 Å². The van der Waals surface area contributed by atoms with Gasteiger partial charge in [0.25, 0.3) is 0 Å². The molecule has 4 rings (SSSR count). The molecule has 0 fully saturated rings. The van der Waals surface area contributed by atoms with Crippen molar-refractivity contribution in [2.45, 2.75) is 32.9 Å². The number of esters is 1. The van der Waals surface area contributed by atoms with Gasteiger partial charge in [0, 0.05) is 12.2 Å². The Hall–Kier alpha value is -3.28. The standard InChI is InChI=1S/C22H23N3O3/c1-14-13-16-7-6-8-17(21(16)23-14)15(2)25-19-10-5-4-9-18(19)24(22(25)27)12-11-20(26)28-3/h4-10,13,15,23H,11-12H2,1-3H3. The van der Waals surface area contributed by atoms with E-state index in [1.165, 1.54) is 7.11 Å². The number of aryl methyl sites for hydroxylation is 2. The maximum Gasteiger partial charge on any atom is 0.329 e. The van der Waals surface area contributed by atoms with Gasteiger partial charge in [-0.1, -0.05) is 30.3 Å². The third kappa shape index (κ3) is 2.91. The van der Waals surface area contributed by atoms with Gasteiger partial charge in [-0.2, -0.15) is 0 Å². The Morgan fingerprint density at radius 1 is 1.14 bits per heavy atom. The van der Waals surface area contributed by atoms with Gasteiger partial charge in [0.15, 0.2) is 0 Å². The second-order valence-corrected chi connectivity index (χ2v) is 7.06. The maximum atomic E-state index is 13.3. The van der Waals surface area contributed by atoms with E-state index >= 15 is 0 Å². The summed E-state index contributed by atoms with van der Waals surface area (Å²) in [6.45, 7) is 4.35. The van der Waals surface area contributed by atoms with Gasteiger partial charge in [-0.3, -0.25) is 13.9 Å². The number of H-pyrrole nitrogens is 1. The van der Waals surface area contributed by atoms with Gasteiger partial charge in [-0.05, 0) is 43.0 Å². The summed E-state index contributed by atoms with van der Waals surface area (Å²) < 4.78 is 8.19. The number of aromatic amines is 1. The Morgan fingerprint density at radius 3 is 2.64 bits per heavy atom. The average Bonchev–Trinajstić information content (AvgIpc) is 3.21. The summed E-state index contributed by atoms with van der Waals surface area (Å²) >= 11 is 0. The van der Waals surface area contributed by atoms with Crippen LogP contribution in [0.15, 0.2) is 53.3 Å². The molecule has 0 aliphatic carbocycles. The normalized spacial score (nSPS) is 12.5. The minimum atomic E-state index is -0.330. The Kier molecular flexibility index (Phi) is 4.55. The minimum Gasteiger partial charge on any atom is -0.469 e. The molecule has 0 amide bonds. The largest absolute Gasteiger partial charge is 0.469 e. The molecule has 2 heterocycles. The van der Waals surface area contributed by atoms with E-state index < -0.39 is 0 Å². The van der Waals surface area contributed by atoms with Gasteiger partial charge in [-0.15, -0.1) is 0 Å². The van der Waals surface area contributed by atoms with Crippen molar-refractivity contribution in [2.75, 3.05) is 7.11 Å². The number of nitrogens with one attached hydrogen (secondary N) is 1. The molecule has 1 N–H and O–H groups in total. The van der Waals surface area contributed by atoms with Crippen molar-refractivity contribution in [1.29, 1.82) is 0 Å². The zero-order valence-corrected chi connectivity index (χ0v) is 16.2. The van der Waals surface area contributed by atoms with E-state index in [0.717, 1.165) is 33.2 Å². The van der Waals surface area contributed by atoms with Crippen molar-refractivity contribution in [3.63, 3.8) is 0 Å². The monoisotopic (exact) mass is 377 g/mol. The van der Waals surface area contributed by atoms with Crippen LogP contribution in [0.5, 0.6) is 0 Å². The average molecular weight is 377 g/mol. The number of carbonyl (C=O) groups excluding carboxylic acids is 1. The molecule has 0 saturated carbocycles. The van der Waals surface area contributed by atoms with Crippen molar-refractivity contribution in [1.82, 2.24) is 14.1 Å². The molecule has 0 radical (unpaired) electrons. The number of aromatic nitrogens is 3. The maximum absolute atomic E-state index is 13.3. The Balaban J connectivity index is 1.87. The lowest BCUT2D eigenvalue weighted by Gasteiger charge is -2.15. The van der Waals surface area contributed by atoms with Crippen molar-refractivity contribution >= 4 is 27.9 Å². The predicted octanol–water partition coefficient (Wildman–Crippen LogP) is 3.77. The molecule has 0 bridgehead atoms. The summed E-state index contributed by atoms with van der Waals surface area (Å²) in [6, 6.07) is 15.8. The molecule has 2 aromatic heterocycles. The van der Waals surface area contributed by atoms with Crippen LogP contribution in [0.4, 0.5) is 0 Å². The fourth-order valence-corrected chi connectivity index (χ4v) is 3.93. The molecule has 1 unspecified atom stereocenters. The van der Waals surface area contributed by atoms with E-state index in [4.69, 9.17) is 4.74 Å². The van der Waals surface area contributed by atoms with Gasteiger partial charge in [0.1, 0.15) is 0 Å². The topological polar surface area (TPSA) is 69.0 Å². The summed E-state index contributed by atoms with van der Waals surface area (Å²) in [5.41, 5.74) is 4.73. The zero-order chi connectivity index (χ0) is 19.8. The first-order valence-electron chi connectivity index (χ1n) is 9.36. The van der Waals surface area contributed by atoms with Gasteiger partial charge in [0.05, 0.1) is 36.1 Å². The summed E-state index contributed by atoms with van der Waals surface area (Å²) in [5.74, 6) is -0.330. The second-order valence-electron chi connectivity index (χ2n) is 7.06. The molecule has 1 atom stereocenters. The lowest BCUT2D eigenvalue weighted by Crippen LogP contribution is -2.27. The van der Waals surface area contributed by atoms with Crippen LogP contribution in [0.2, 0.25) is 0 Å². The van der Waals surface area contributed by atoms with E-state index in [0.29, 0.717) is 0 Å². The molecule has 6 nitrogen and oxygen atoms in total. The van der Waals surface area contributed by atoms with Crippen LogP contribution in [0, 0.1) is 6.92 Å². The number of methoxy groups -OCH3 is 1. The first kappa shape index (κ1) is 18.1. The van der Waals surface area contributed by atoms with Crippen LogP contribution in [0.1, 0.15) is 30.6 Å². The third-order valence-corrected chi connectivity index (χ3v) is 5.30. The fourth-order valence-electron chi connectivity index (χ4n) is 3.93. The zero-order valence-electron chi connectivity index (χ0n) is 16.2. The highest BCUT2D eigenvalue weighted by atomic mass is 16.5. The Bertz CT molecular complexity index is 1230. The number of benzene rings is 2. The lowest BCUT2D eigenvalue weighted by molar-refractivity contribution is -0.140. The van der Waals surface area contributed by atoms with Crippen molar-refractivity contribution in [3.05, 3.63) is 70.3 Å². The molecule has 4 aromatic rings. The molecular formula is C22H23N3O3. The van der Waals surface area contributed by atoms with Crippen LogP contribution < -0.4 is 5.69 Å². The van der Waals surface area contributed by atoms with Crippen LogP contribution in [-0.2, 0) is 16.1 Å². The molecule has 0 spiro atoms. The highest BCUT2D eigenvalue weighted by Gasteiger charge is 2.21. The van der Waals surface area contributed by atoms with E-state index in [9.17, 15) is 9.59 Å². The number of rotatable bonds is 5.